The summed E-state index contributed by atoms with van der Waals surface area (Å²) < 4.78 is 11.1. The molecule has 1 aliphatic heterocycles. The van der Waals surface area contributed by atoms with Crippen LogP contribution in [0.4, 0.5) is 4.79 Å². The van der Waals surface area contributed by atoms with Crippen molar-refractivity contribution >= 4 is 18.0 Å². The number of amides is 2. The number of carbonyl (C=O) groups excluding carboxylic acids is 2. The van der Waals surface area contributed by atoms with E-state index in [0.29, 0.717) is 12.8 Å². The molecule has 1 aliphatic carbocycles. The third kappa shape index (κ3) is 4.50. The number of hydrogen-bond acceptors (Lipinski definition) is 5. The normalized spacial score (nSPS) is 19.6. The lowest BCUT2D eigenvalue weighted by molar-refractivity contribution is -0.168. The van der Waals surface area contributed by atoms with E-state index in [0.717, 1.165) is 22.3 Å². The first-order chi connectivity index (χ1) is 16.8. The molecule has 35 heavy (non-hydrogen) atoms. The van der Waals surface area contributed by atoms with Crippen molar-refractivity contribution in [1.29, 1.82) is 0 Å². The smallest absolute Gasteiger partial charge is 0.408 e. The van der Waals surface area contributed by atoms with Crippen molar-refractivity contribution < 1.29 is 29.0 Å². The quantitative estimate of drug-likeness (QED) is 0.625. The third-order valence-corrected chi connectivity index (χ3v) is 7.31. The molecule has 2 aliphatic rings. The van der Waals surface area contributed by atoms with E-state index in [1.54, 1.807) is 20.8 Å². The van der Waals surface area contributed by atoms with Crippen LogP contribution in [0.3, 0.4) is 0 Å². The van der Waals surface area contributed by atoms with E-state index in [2.05, 4.69) is 17.4 Å². The van der Waals surface area contributed by atoms with E-state index in [9.17, 15) is 19.5 Å². The first kappa shape index (κ1) is 24.7. The summed E-state index contributed by atoms with van der Waals surface area (Å²) in [7, 11) is 0. The Morgan fingerprint density at radius 2 is 1.63 bits per heavy atom. The molecule has 0 aromatic heterocycles. The zero-order valence-corrected chi connectivity index (χ0v) is 20.3. The van der Waals surface area contributed by atoms with Gasteiger partial charge in [-0.05, 0) is 42.0 Å². The summed E-state index contributed by atoms with van der Waals surface area (Å²) in [5.74, 6) is -1.66. The van der Waals surface area contributed by atoms with Gasteiger partial charge in [-0.25, -0.2) is 9.59 Å². The number of nitrogens with one attached hydrogen (secondary N) is 1. The van der Waals surface area contributed by atoms with Gasteiger partial charge in [-0.15, -0.1) is 0 Å². The maximum absolute atomic E-state index is 13.6. The van der Waals surface area contributed by atoms with Gasteiger partial charge >= 0.3 is 12.1 Å². The van der Waals surface area contributed by atoms with Gasteiger partial charge in [0.25, 0.3) is 0 Å². The Labute approximate surface area is 205 Å². The van der Waals surface area contributed by atoms with Gasteiger partial charge in [-0.1, -0.05) is 62.4 Å². The molecule has 0 radical (unpaired) electrons. The number of alkyl carbamates (subject to hydrolysis) is 1. The number of nitrogens with zero attached hydrogens (tertiary/aromatic N) is 1. The van der Waals surface area contributed by atoms with Gasteiger partial charge < -0.3 is 24.8 Å². The molecule has 2 N–H and O–H groups in total. The average Bonchev–Trinajstić information content (AvgIpc) is 3.19. The van der Waals surface area contributed by atoms with Gasteiger partial charge in [-0.2, -0.15) is 0 Å². The summed E-state index contributed by atoms with van der Waals surface area (Å²) >= 11 is 0. The Morgan fingerprint density at radius 1 is 1.06 bits per heavy atom. The highest BCUT2D eigenvalue weighted by atomic mass is 16.5. The summed E-state index contributed by atoms with van der Waals surface area (Å²) in [6.07, 6.45) is -0.752. The molecule has 2 atom stereocenters. The summed E-state index contributed by atoms with van der Waals surface area (Å²) in [5.41, 5.74) is 3.19. The van der Waals surface area contributed by atoms with Gasteiger partial charge in [-0.3, -0.25) is 4.79 Å². The molecule has 1 fully saturated rings. The number of hydrogen-bond donors (Lipinski definition) is 2. The molecule has 0 spiro atoms. The van der Waals surface area contributed by atoms with Crippen molar-refractivity contribution in [2.75, 3.05) is 19.8 Å². The molecule has 8 nitrogen and oxygen atoms in total. The molecule has 8 heteroatoms. The Bertz CT molecular complexity index is 1070. The molecular weight excluding hydrogens is 448 g/mol. The molecule has 0 saturated carbocycles. The first-order valence-corrected chi connectivity index (χ1v) is 12.1. The minimum atomic E-state index is -1.27. The van der Waals surface area contributed by atoms with E-state index in [1.807, 2.05) is 36.4 Å². The van der Waals surface area contributed by atoms with Crippen molar-refractivity contribution in [2.45, 2.75) is 57.2 Å². The molecule has 186 valence electrons. The van der Waals surface area contributed by atoms with Crippen LogP contribution in [0.25, 0.3) is 11.1 Å². The second kappa shape index (κ2) is 10.1. The van der Waals surface area contributed by atoms with Crippen LogP contribution in [-0.2, 0) is 19.1 Å². The number of rotatable bonds is 7. The lowest BCUT2D eigenvalue weighted by atomic mass is 9.89. The van der Waals surface area contributed by atoms with Gasteiger partial charge in [0.2, 0.25) is 5.91 Å². The molecule has 2 amide bonds. The van der Waals surface area contributed by atoms with E-state index in [1.165, 1.54) is 4.90 Å². The molecule has 2 unspecified atom stereocenters. The standard InChI is InChI=1S/C27H32N2O6/c1-4-27(5-2,25(32)29-14-15-34-17(3)23(29)24(30)31)28-26(33)35-16-22-20-12-8-6-10-18(20)19-11-7-9-13-21(19)22/h6-13,17,22-23H,4-5,14-16H2,1-3H3,(H,28,33)(H,30,31). The van der Waals surface area contributed by atoms with Crippen LogP contribution in [0.5, 0.6) is 0 Å². The van der Waals surface area contributed by atoms with Crippen LogP contribution in [0.15, 0.2) is 48.5 Å². The second-order valence-electron chi connectivity index (χ2n) is 9.10. The molecule has 2 aromatic carbocycles. The summed E-state index contributed by atoms with van der Waals surface area (Å²) in [6, 6.07) is 15.0. The van der Waals surface area contributed by atoms with Crippen LogP contribution in [0, 0.1) is 0 Å². The van der Waals surface area contributed by atoms with Crippen LogP contribution in [-0.4, -0.2) is 65.4 Å². The second-order valence-corrected chi connectivity index (χ2v) is 9.10. The predicted octanol–water partition coefficient (Wildman–Crippen LogP) is 3.78. The number of ether oxygens (including phenoxy) is 2. The zero-order valence-electron chi connectivity index (χ0n) is 20.3. The lowest BCUT2D eigenvalue weighted by Gasteiger charge is -2.42. The number of aliphatic carboxylic acids is 1. The Balaban J connectivity index is 1.50. The number of benzene rings is 2. The summed E-state index contributed by atoms with van der Waals surface area (Å²) in [4.78, 5) is 39.8. The van der Waals surface area contributed by atoms with E-state index in [-0.39, 0.29) is 25.7 Å². The number of fused-ring (bicyclic) bond motifs is 3. The average molecular weight is 481 g/mol. The highest BCUT2D eigenvalue weighted by molar-refractivity contribution is 5.93. The summed E-state index contributed by atoms with van der Waals surface area (Å²) in [6.45, 7) is 5.75. The SMILES string of the molecule is CCC(CC)(NC(=O)OCC1c2ccccc2-c2ccccc21)C(=O)N1CCOC(C)C1C(=O)O. The maximum atomic E-state index is 13.6. The Hall–Kier alpha value is -3.39. The van der Waals surface area contributed by atoms with E-state index < -0.39 is 35.7 Å². The lowest BCUT2D eigenvalue weighted by Crippen LogP contribution is -2.65. The fraction of sp³-hybridized carbons (Fsp3) is 0.444. The zero-order chi connectivity index (χ0) is 25.2. The fourth-order valence-corrected chi connectivity index (χ4v) is 5.27. The van der Waals surface area contributed by atoms with Crippen LogP contribution in [0.2, 0.25) is 0 Å². The Kier molecular flexibility index (Phi) is 7.12. The van der Waals surface area contributed by atoms with Crippen molar-refractivity contribution in [3.63, 3.8) is 0 Å². The number of carbonyl (C=O) groups is 3. The molecular formula is C27H32N2O6. The Morgan fingerprint density at radius 3 is 2.17 bits per heavy atom. The minimum absolute atomic E-state index is 0.0991. The fourth-order valence-electron chi connectivity index (χ4n) is 5.27. The highest BCUT2D eigenvalue weighted by Gasteiger charge is 2.47. The van der Waals surface area contributed by atoms with Crippen molar-refractivity contribution in [2.24, 2.45) is 0 Å². The van der Waals surface area contributed by atoms with Gasteiger partial charge in [0.05, 0.1) is 12.7 Å². The monoisotopic (exact) mass is 480 g/mol. The topological polar surface area (TPSA) is 105 Å². The van der Waals surface area contributed by atoms with Crippen LogP contribution >= 0.6 is 0 Å². The molecule has 4 rings (SSSR count). The van der Waals surface area contributed by atoms with Crippen LogP contribution < -0.4 is 5.32 Å². The third-order valence-electron chi connectivity index (χ3n) is 7.31. The number of carboxylic acid groups (broad SMARTS) is 1. The van der Waals surface area contributed by atoms with E-state index in [4.69, 9.17) is 9.47 Å². The molecule has 2 aromatic rings. The predicted molar refractivity (Wildman–Crippen MR) is 130 cm³/mol. The molecule has 1 saturated heterocycles. The van der Waals surface area contributed by atoms with Gasteiger partial charge in [0.1, 0.15) is 12.1 Å². The number of morpholine rings is 1. The maximum Gasteiger partial charge on any atom is 0.408 e. The molecule has 0 bridgehead atoms. The largest absolute Gasteiger partial charge is 0.480 e. The molecule has 1 heterocycles. The highest BCUT2D eigenvalue weighted by Crippen LogP contribution is 2.44. The van der Waals surface area contributed by atoms with Crippen molar-refractivity contribution in [3.8, 4) is 11.1 Å². The van der Waals surface area contributed by atoms with E-state index >= 15 is 0 Å². The summed E-state index contributed by atoms with van der Waals surface area (Å²) in [5, 5.41) is 12.5. The van der Waals surface area contributed by atoms with Gasteiger partial charge in [0, 0.05) is 12.5 Å². The first-order valence-electron chi connectivity index (χ1n) is 12.1. The minimum Gasteiger partial charge on any atom is -0.480 e. The van der Waals surface area contributed by atoms with Gasteiger partial charge in [0.15, 0.2) is 6.04 Å². The number of carboxylic acids is 1. The van der Waals surface area contributed by atoms with Crippen molar-refractivity contribution in [3.05, 3.63) is 59.7 Å². The van der Waals surface area contributed by atoms with Crippen molar-refractivity contribution in [1.82, 2.24) is 10.2 Å². The van der Waals surface area contributed by atoms with Crippen LogP contribution in [0.1, 0.15) is 50.7 Å².